The van der Waals surface area contributed by atoms with Crippen molar-refractivity contribution in [2.24, 2.45) is 11.8 Å². The second-order valence-electron chi connectivity index (χ2n) is 13.3. The van der Waals surface area contributed by atoms with Crippen LogP contribution in [0, 0.1) is 11.8 Å². The zero-order valence-electron chi connectivity index (χ0n) is 27.7. The standard InChI is InChI=1S/C38H50N4O3/c1-7-11-25(5)15-16-26-17-18-27(12-8-2)30(21-26)28-19-20-31-32(22-28)40-36(39-31)34-23-29-13-9-10-14-33(29)42(34)37(43)35(24(3)4)41-38(44)45-6/h7,11,17-22,24,29,33-35H,1,8-10,12-16,23H2,2-6H3,(H,39,40)(H,41,44)/b25-11+/t29-,33-,34-,35-/m0/s1. The Labute approximate surface area is 268 Å². The molecule has 1 aliphatic carbocycles. The molecule has 3 aromatic rings. The van der Waals surface area contributed by atoms with Gasteiger partial charge in [0.25, 0.3) is 0 Å². The first kappa shape index (κ1) is 32.5. The molecule has 2 aromatic carbocycles. The van der Waals surface area contributed by atoms with Crippen LogP contribution in [0.25, 0.3) is 22.2 Å². The molecule has 0 unspecified atom stereocenters. The van der Waals surface area contributed by atoms with Crippen LogP contribution in [-0.2, 0) is 22.4 Å². The number of aromatic amines is 1. The summed E-state index contributed by atoms with van der Waals surface area (Å²) in [7, 11) is 1.33. The minimum absolute atomic E-state index is 0.0462. The zero-order valence-corrected chi connectivity index (χ0v) is 27.7. The fourth-order valence-electron chi connectivity index (χ4n) is 7.40. The van der Waals surface area contributed by atoms with Crippen molar-refractivity contribution in [3.63, 3.8) is 0 Å². The second-order valence-corrected chi connectivity index (χ2v) is 13.3. The van der Waals surface area contributed by atoms with Gasteiger partial charge in [-0.3, -0.25) is 4.79 Å². The van der Waals surface area contributed by atoms with E-state index in [0.29, 0.717) is 5.92 Å². The Kier molecular flexibility index (Phi) is 10.5. The lowest BCUT2D eigenvalue weighted by Gasteiger charge is -2.36. The normalized spacial score (nSPS) is 20.7. The van der Waals surface area contributed by atoms with E-state index in [1.165, 1.54) is 41.4 Å². The monoisotopic (exact) mass is 610 g/mol. The highest BCUT2D eigenvalue weighted by Gasteiger charge is 2.48. The van der Waals surface area contributed by atoms with E-state index < -0.39 is 12.1 Å². The maximum absolute atomic E-state index is 14.2. The van der Waals surface area contributed by atoms with Crippen molar-refractivity contribution in [2.75, 3.05) is 7.11 Å². The Morgan fingerprint density at radius 2 is 1.96 bits per heavy atom. The van der Waals surface area contributed by atoms with Gasteiger partial charge < -0.3 is 19.9 Å². The fraction of sp³-hybridized carbons (Fsp3) is 0.500. The molecule has 2 fully saturated rings. The van der Waals surface area contributed by atoms with Crippen LogP contribution in [0.3, 0.4) is 0 Å². The second kappa shape index (κ2) is 14.5. The third-order valence-corrected chi connectivity index (χ3v) is 9.76. The first-order valence-electron chi connectivity index (χ1n) is 16.8. The molecule has 1 aliphatic heterocycles. The number of rotatable bonds is 11. The van der Waals surface area contributed by atoms with Crippen molar-refractivity contribution in [1.29, 1.82) is 0 Å². The summed E-state index contributed by atoms with van der Waals surface area (Å²) in [4.78, 5) is 37.2. The number of nitrogens with zero attached hydrogens (tertiary/aromatic N) is 2. The van der Waals surface area contributed by atoms with Crippen molar-refractivity contribution < 1.29 is 14.3 Å². The molecule has 2 heterocycles. The molecule has 1 saturated carbocycles. The van der Waals surface area contributed by atoms with E-state index in [1.807, 2.05) is 19.9 Å². The van der Waals surface area contributed by atoms with Gasteiger partial charge in [0.2, 0.25) is 5.91 Å². The van der Waals surface area contributed by atoms with Crippen LogP contribution in [0.2, 0.25) is 0 Å². The maximum atomic E-state index is 14.2. The van der Waals surface area contributed by atoms with Crippen molar-refractivity contribution in [2.45, 2.75) is 104 Å². The summed E-state index contributed by atoms with van der Waals surface area (Å²) in [5.74, 6) is 1.15. The largest absolute Gasteiger partial charge is 0.453 e. The Morgan fingerprint density at radius 3 is 2.69 bits per heavy atom. The van der Waals surface area contributed by atoms with Crippen LogP contribution in [0.5, 0.6) is 0 Å². The molecule has 0 radical (unpaired) electrons. The third kappa shape index (κ3) is 7.18. The summed E-state index contributed by atoms with van der Waals surface area (Å²) in [6.07, 6.45) is 12.8. The lowest BCUT2D eigenvalue weighted by Crippen LogP contribution is -2.53. The molecule has 2 N–H and O–H groups in total. The topological polar surface area (TPSA) is 87.3 Å². The molecule has 4 atom stereocenters. The number of alkyl carbamates (subject to hydrolysis) is 1. The average Bonchev–Trinajstić information content (AvgIpc) is 3.64. The van der Waals surface area contributed by atoms with Gasteiger partial charge in [-0.05, 0) is 91.7 Å². The smallest absolute Gasteiger partial charge is 0.407 e. The van der Waals surface area contributed by atoms with Gasteiger partial charge in [0.05, 0.1) is 24.2 Å². The lowest BCUT2D eigenvalue weighted by atomic mass is 9.84. The average molecular weight is 611 g/mol. The number of hydrogen-bond donors (Lipinski definition) is 2. The molecule has 2 amide bonds. The van der Waals surface area contributed by atoms with Gasteiger partial charge in [-0.25, -0.2) is 9.78 Å². The predicted molar refractivity (Wildman–Crippen MR) is 182 cm³/mol. The van der Waals surface area contributed by atoms with E-state index in [4.69, 9.17) is 9.72 Å². The molecule has 1 aromatic heterocycles. The Morgan fingerprint density at radius 1 is 1.16 bits per heavy atom. The van der Waals surface area contributed by atoms with E-state index in [1.54, 1.807) is 0 Å². The van der Waals surface area contributed by atoms with Crippen molar-refractivity contribution in [3.8, 4) is 11.1 Å². The molecule has 240 valence electrons. The minimum atomic E-state index is -0.656. The Bertz CT molecular complexity index is 1550. The summed E-state index contributed by atoms with van der Waals surface area (Å²) in [5, 5.41) is 2.81. The molecule has 1 saturated heterocycles. The van der Waals surface area contributed by atoms with E-state index >= 15 is 0 Å². The number of ether oxygens (including phenoxy) is 1. The van der Waals surface area contributed by atoms with Gasteiger partial charge >= 0.3 is 6.09 Å². The van der Waals surface area contributed by atoms with Crippen molar-refractivity contribution in [3.05, 3.63) is 77.7 Å². The lowest BCUT2D eigenvalue weighted by molar-refractivity contribution is -0.138. The molecule has 45 heavy (non-hydrogen) atoms. The van der Waals surface area contributed by atoms with E-state index in [9.17, 15) is 9.59 Å². The Hall–Kier alpha value is -3.87. The summed E-state index contributed by atoms with van der Waals surface area (Å²) in [6.45, 7) is 12.1. The van der Waals surface area contributed by atoms with Crippen molar-refractivity contribution in [1.82, 2.24) is 20.2 Å². The number of imidazole rings is 1. The van der Waals surface area contributed by atoms with Gasteiger partial charge in [-0.15, -0.1) is 0 Å². The van der Waals surface area contributed by atoms with Gasteiger partial charge in [-0.1, -0.05) is 88.6 Å². The Balaban J connectivity index is 1.48. The SMILES string of the molecule is C=C/C=C(\C)CCc1ccc(CCC)c(-c2ccc3nc([C@@H]4C[C@@H]5CCCC[C@@H]5N4C(=O)[C@@H](NC(=O)OC)C(C)C)[nH]c3c2)c1. The first-order chi connectivity index (χ1) is 21.7. The molecule has 0 spiro atoms. The number of nitrogens with one attached hydrogen (secondary N) is 2. The van der Waals surface area contributed by atoms with E-state index in [2.05, 4.69) is 78.1 Å². The third-order valence-electron chi connectivity index (χ3n) is 9.76. The predicted octanol–water partition coefficient (Wildman–Crippen LogP) is 8.46. The molecule has 2 aliphatic rings. The summed E-state index contributed by atoms with van der Waals surface area (Å²) in [5.41, 5.74) is 8.35. The van der Waals surface area contributed by atoms with Crippen LogP contribution in [0.1, 0.15) is 95.6 Å². The highest BCUT2D eigenvalue weighted by Crippen LogP contribution is 2.46. The van der Waals surface area contributed by atoms with Gasteiger partial charge in [0.15, 0.2) is 0 Å². The highest BCUT2D eigenvalue weighted by molar-refractivity contribution is 5.87. The summed E-state index contributed by atoms with van der Waals surface area (Å²) in [6, 6.07) is 12.8. The number of amides is 2. The summed E-state index contributed by atoms with van der Waals surface area (Å²) < 4.78 is 4.87. The maximum Gasteiger partial charge on any atom is 0.407 e. The number of aromatic nitrogens is 2. The van der Waals surface area contributed by atoms with Gasteiger partial charge in [-0.2, -0.15) is 0 Å². The number of likely N-dealkylation sites (tertiary alicyclic amines) is 1. The van der Waals surface area contributed by atoms with Gasteiger partial charge in [0.1, 0.15) is 11.9 Å². The molecular formula is C38H50N4O3. The quantitative estimate of drug-likeness (QED) is 0.213. The minimum Gasteiger partial charge on any atom is -0.453 e. The molecule has 5 rings (SSSR count). The number of H-pyrrole nitrogens is 1. The molecule has 0 bridgehead atoms. The van der Waals surface area contributed by atoms with Crippen LogP contribution in [0.4, 0.5) is 4.79 Å². The zero-order chi connectivity index (χ0) is 32.1. The van der Waals surface area contributed by atoms with Crippen LogP contribution in [-0.4, -0.2) is 46.1 Å². The number of hydrogen-bond acceptors (Lipinski definition) is 4. The van der Waals surface area contributed by atoms with E-state index in [-0.39, 0.29) is 23.9 Å². The van der Waals surface area contributed by atoms with Crippen LogP contribution in [0.15, 0.2) is 60.7 Å². The number of carbonyl (C=O) groups is 2. The van der Waals surface area contributed by atoms with Crippen LogP contribution >= 0.6 is 0 Å². The number of allylic oxidation sites excluding steroid dienone is 3. The number of methoxy groups -OCH3 is 1. The van der Waals surface area contributed by atoms with E-state index in [0.717, 1.165) is 68.2 Å². The molecule has 7 nitrogen and oxygen atoms in total. The summed E-state index contributed by atoms with van der Waals surface area (Å²) >= 11 is 0. The number of carbonyl (C=O) groups excluding carboxylic acids is 2. The van der Waals surface area contributed by atoms with Crippen molar-refractivity contribution >= 4 is 23.0 Å². The first-order valence-corrected chi connectivity index (χ1v) is 16.8. The van der Waals surface area contributed by atoms with Crippen LogP contribution < -0.4 is 5.32 Å². The number of aryl methyl sites for hydroxylation is 2. The molecule has 7 heteroatoms. The fourth-order valence-corrected chi connectivity index (χ4v) is 7.40. The molecular weight excluding hydrogens is 560 g/mol. The van der Waals surface area contributed by atoms with Gasteiger partial charge in [0, 0.05) is 6.04 Å². The highest BCUT2D eigenvalue weighted by atomic mass is 16.5. The number of fused-ring (bicyclic) bond motifs is 2. The number of benzene rings is 2.